The minimum absolute atomic E-state index is 0.0315. The van der Waals surface area contributed by atoms with E-state index >= 15 is 0 Å². The molecule has 2 fully saturated rings. The lowest BCUT2D eigenvalue weighted by Gasteiger charge is -2.20. The van der Waals surface area contributed by atoms with Gasteiger partial charge in [0.05, 0.1) is 24.7 Å². The van der Waals surface area contributed by atoms with E-state index in [9.17, 15) is 4.79 Å². The highest BCUT2D eigenvalue weighted by atomic mass is 16.7. The summed E-state index contributed by atoms with van der Waals surface area (Å²) in [6.07, 6.45) is -0.199. The van der Waals surface area contributed by atoms with Crippen LogP contribution in [0.25, 0.3) is 0 Å². The number of carbonyl (C=O) groups excluding carboxylic acids is 1. The zero-order valence-corrected chi connectivity index (χ0v) is 9.42. The van der Waals surface area contributed by atoms with E-state index in [2.05, 4.69) is 0 Å². The number of ether oxygens (including phenoxy) is 4. The van der Waals surface area contributed by atoms with Gasteiger partial charge in [-0.1, -0.05) is 0 Å². The molecule has 0 amide bonds. The smallest absolute Gasteiger partial charge is 0.312 e. The molecule has 2 bridgehead atoms. The number of fused-ring (bicyclic) bond motifs is 9. The van der Waals surface area contributed by atoms with Crippen molar-refractivity contribution in [2.75, 3.05) is 13.4 Å². The Bertz CT molecular complexity index is 581. The lowest BCUT2D eigenvalue weighted by molar-refractivity contribution is -0.144. The van der Waals surface area contributed by atoms with E-state index in [0.717, 1.165) is 22.6 Å². The second kappa shape index (κ2) is 2.80. The van der Waals surface area contributed by atoms with E-state index < -0.39 is 0 Å². The Balaban J connectivity index is 1.70. The van der Waals surface area contributed by atoms with Crippen LogP contribution < -0.4 is 9.47 Å². The molecule has 1 aromatic rings. The van der Waals surface area contributed by atoms with Crippen LogP contribution in [0, 0.1) is 11.8 Å². The van der Waals surface area contributed by atoms with Crippen molar-refractivity contribution in [2.24, 2.45) is 11.8 Å². The Morgan fingerprint density at radius 2 is 1.72 bits per heavy atom. The van der Waals surface area contributed by atoms with Crippen molar-refractivity contribution in [3.05, 3.63) is 23.3 Å². The largest absolute Gasteiger partial charge is 0.465 e. The van der Waals surface area contributed by atoms with Crippen LogP contribution in [0.1, 0.15) is 23.3 Å². The van der Waals surface area contributed by atoms with Gasteiger partial charge in [0, 0.05) is 5.92 Å². The predicted octanol–water partition coefficient (Wildman–Crippen LogP) is 1.33. The van der Waals surface area contributed by atoms with Crippen molar-refractivity contribution in [3.63, 3.8) is 0 Å². The summed E-state index contributed by atoms with van der Waals surface area (Å²) in [5.74, 6) is 1.41. The molecule has 0 spiro atoms. The van der Waals surface area contributed by atoms with Gasteiger partial charge in [-0.2, -0.15) is 0 Å². The fourth-order valence-corrected chi connectivity index (χ4v) is 3.56. The van der Waals surface area contributed by atoms with Gasteiger partial charge in [0.25, 0.3) is 0 Å². The first-order valence-electron chi connectivity index (χ1n) is 6.08. The molecule has 5 heteroatoms. The summed E-state index contributed by atoms with van der Waals surface area (Å²) in [6, 6.07) is 3.94. The van der Waals surface area contributed by atoms with Crippen LogP contribution in [0.5, 0.6) is 11.5 Å². The molecule has 5 rings (SSSR count). The number of carbonyl (C=O) groups is 1. The van der Waals surface area contributed by atoms with E-state index in [4.69, 9.17) is 18.9 Å². The summed E-state index contributed by atoms with van der Waals surface area (Å²) in [6.45, 7) is 0.738. The molecule has 2 saturated heterocycles. The molecule has 0 radical (unpaired) electrons. The van der Waals surface area contributed by atoms with Crippen LogP contribution in [0.3, 0.4) is 0 Å². The average molecular weight is 246 g/mol. The third-order valence-electron chi connectivity index (χ3n) is 4.35. The molecule has 4 atom stereocenters. The van der Waals surface area contributed by atoms with Crippen molar-refractivity contribution in [1.29, 1.82) is 0 Å². The summed E-state index contributed by atoms with van der Waals surface area (Å²) in [4.78, 5) is 11.7. The SMILES string of the molecule is O=C1OC[C@@H]2[C@H]1[C@H]1O[C@@H]2c2cc3c(cc21)OCO3. The fraction of sp³-hybridized carbons (Fsp3) is 0.462. The van der Waals surface area contributed by atoms with Crippen LogP contribution in [0.2, 0.25) is 0 Å². The van der Waals surface area contributed by atoms with Gasteiger partial charge in [0.2, 0.25) is 6.79 Å². The van der Waals surface area contributed by atoms with Crippen molar-refractivity contribution in [2.45, 2.75) is 12.2 Å². The Hall–Kier alpha value is -1.75. The molecule has 1 aromatic carbocycles. The molecule has 0 aliphatic carbocycles. The number of cyclic esters (lactones) is 1. The molecule has 0 aromatic heterocycles. The zero-order valence-electron chi connectivity index (χ0n) is 9.42. The lowest BCUT2D eigenvalue weighted by atomic mass is 9.77. The first-order chi connectivity index (χ1) is 8.83. The van der Waals surface area contributed by atoms with E-state index in [1.54, 1.807) is 0 Å². The fourth-order valence-electron chi connectivity index (χ4n) is 3.56. The third kappa shape index (κ3) is 0.882. The van der Waals surface area contributed by atoms with Crippen LogP contribution in [-0.4, -0.2) is 19.4 Å². The average Bonchev–Trinajstić information content (AvgIpc) is 3.07. The molecule has 5 nitrogen and oxygen atoms in total. The van der Waals surface area contributed by atoms with E-state index in [-0.39, 0.29) is 36.8 Å². The maximum Gasteiger partial charge on any atom is 0.312 e. The van der Waals surface area contributed by atoms with Gasteiger partial charge in [0.1, 0.15) is 0 Å². The van der Waals surface area contributed by atoms with Crippen molar-refractivity contribution < 1.29 is 23.7 Å². The summed E-state index contributed by atoms with van der Waals surface area (Å²) in [7, 11) is 0. The van der Waals surface area contributed by atoms with Gasteiger partial charge in [-0.15, -0.1) is 0 Å². The number of hydrogen-bond donors (Lipinski definition) is 0. The summed E-state index contributed by atoms with van der Waals surface area (Å²) >= 11 is 0. The molecule has 0 N–H and O–H groups in total. The van der Waals surface area contributed by atoms with Gasteiger partial charge >= 0.3 is 5.97 Å². The molecular formula is C13H10O5. The quantitative estimate of drug-likeness (QED) is 0.646. The second-order valence-corrected chi connectivity index (χ2v) is 5.13. The molecule has 18 heavy (non-hydrogen) atoms. The monoisotopic (exact) mass is 246 g/mol. The Kier molecular flexibility index (Phi) is 1.43. The molecule has 92 valence electrons. The molecule has 0 unspecified atom stereocenters. The Morgan fingerprint density at radius 1 is 1.00 bits per heavy atom. The number of hydrogen-bond acceptors (Lipinski definition) is 5. The molecular weight excluding hydrogens is 236 g/mol. The van der Waals surface area contributed by atoms with Crippen LogP contribution in [0.4, 0.5) is 0 Å². The minimum Gasteiger partial charge on any atom is -0.465 e. The van der Waals surface area contributed by atoms with Gasteiger partial charge < -0.3 is 18.9 Å². The maximum absolute atomic E-state index is 11.7. The van der Waals surface area contributed by atoms with Gasteiger partial charge in [0.15, 0.2) is 11.5 Å². The minimum atomic E-state index is -0.167. The van der Waals surface area contributed by atoms with Gasteiger partial charge in [-0.25, -0.2) is 0 Å². The van der Waals surface area contributed by atoms with Crippen molar-refractivity contribution in [1.82, 2.24) is 0 Å². The number of rotatable bonds is 0. The zero-order chi connectivity index (χ0) is 11.9. The van der Waals surface area contributed by atoms with Crippen molar-refractivity contribution in [3.8, 4) is 11.5 Å². The highest BCUT2D eigenvalue weighted by Gasteiger charge is 2.59. The molecule has 4 heterocycles. The molecule has 0 saturated carbocycles. The summed E-state index contributed by atoms with van der Waals surface area (Å²) in [5, 5.41) is 0. The summed E-state index contributed by atoms with van der Waals surface area (Å²) in [5.41, 5.74) is 2.19. The van der Waals surface area contributed by atoms with E-state index in [0.29, 0.717) is 6.61 Å². The first kappa shape index (κ1) is 9.22. The third-order valence-corrected chi connectivity index (χ3v) is 4.35. The van der Waals surface area contributed by atoms with Crippen LogP contribution in [0.15, 0.2) is 12.1 Å². The topological polar surface area (TPSA) is 54.0 Å². The molecule has 4 aliphatic rings. The van der Waals surface area contributed by atoms with E-state index in [1.807, 2.05) is 12.1 Å². The number of esters is 1. The maximum atomic E-state index is 11.7. The standard InChI is InChI=1S/C13H10O5/c14-13-10-7(3-15-13)11-5-1-8-9(17-4-16-8)2-6(5)12(10)18-11/h1-2,7,10-12H,3-4H2/t7-,10+,11-,12+/m1/s1. The van der Waals surface area contributed by atoms with Crippen LogP contribution >= 0.6 is 0 Å². The first-order valence-corrected chi connectivity index (χ1v) is 6.08. The van der Waals surface area contributed by atoms with Crippen LogP contribution in [-0.2, 0) is 14.3 Å². The van der Waals surface area contributed by atoms with Gasteiger partial charge in [-0.05, 0) is 23.3 Å². The lowest BCUT2D eigenvalue weighted by Crippen LogP contribution is -2.22. The molecule has 4 aliphatic heterocycles. The normalized spacial score (nSPS) is 37.7. The Labute approximate surface area is 103 Å². The summed E-state index contributed by atoms with van der Waals surface area (Å²) < 4.78 is 21.9. The highest BCUT2D eigenvalue weighted by Crippen LogP contribution is 2.61. The Morgan fingerprint density at radius 3 is 2.50 bits per heavy atom. The highest BCUT2D eigenvalue weighted by molar-refractivity contribution is 5.78. The second-order valence-electron chi connectivity index (χ2n) is 5.13. The predicted molar refractivity (Wildman–Crippen MR) is 57.1 cm³/mol. The van der Waals surface area contributed by atoms with Gasteiger partial charge in [-0.3, -0.25) is 4.79 Å². The van der Waals surface area contributed by atoms with Crippen molar-refractivity contribution >= 4 is 5.97 Å². The van der Waals surface area contributed by atoms with E-state index in [1.165, 1.54) is 0 Å². The number of benzene rings is 1.